The number of nitrogens with one attached hydrogen (secondary N) is 1. The number of carbonyl (C=O) groups excluding carboxylic acids is 3. The van der Waals surface area contributed by atoms with Crippen LogP contribution in [0, 0.1) is 12.8 Å². The molecule has 3 rings (SSSR count). The zero-order valence-corrected chi connectivity index (χ0v) is 15.2. The van der Waals surface area contributed by atoms with Crippen molar-refractivity contribution in [3.05, 3.63) is 65.7 Å². The SMILES string of the molecule is Cc1cccc(NC(=O)COC(=O)[C@H]2CC(=O)N(Cc3ccccc3)C2)c1. The molecule has 2 amide bonds. The summed E-state index contributed by atoms with van der Waals surface area (Å²) >= 11 is 0. The molecule has 0 aliphatic carbocycles. The van der Waals surface area contributed by atoms with Crippen molar-refractivity contribution in [1.82, 2.24) is 4.90 Å². The van der Waals surface area contributed by atoms with Gasteiger partial charge in [-0.2, -0.15) is 0 Å². The van der Waals surface area contributed by atoms with Gasteiger partial charge in [0.1, 0.15) is 0 Å². The van der Waals surface area contributed by atoms with Gasteiger partial charge in [0.25, 0.3) is 5.91 Å². The fraction of sp³-hybridized carbons (Fsp3) is 0.286. The number of anilines is 1. The first kappa shape index (κ1) is 18.6. The molecule has 6 nitrogen and oxygen atoms in total. The van der Waals surface area contributed by atoms with E-state index < -0.39 is 17.8 Å². The number of rotatable bonds is 6. The van der Waals surface area contributed by atoms with E-state index in [1.165, 1.54) is 0 Å². The highest BCUT2D eigenvalue weighted by Gasteiger charge is 2.35. The third-order valence-corrected chi connectivity index (χ3v) is 4.41. The van der Waals surface area contributed by atoms with Gasteiger partial charge in [0, 0.05) is 25.2 Å². The Kier molecular flexibility index (Phi) is 5.86. The van der Waals surface area contributed by atoms with Gasteiger partial charge in [0.05, 0.1) is 5.92 Å². The van der Waals surface area contributed by atoms with E-state index in [-0.39, 0.29) is 18.9 Å². The molecular formula is C21H22N2O4. The van der Waals surface area contributed by atoms with E-state index in [0.29, 0.717) is 18.8 Å². The van der Waals surface area contributed by atoms with E-state index in [4.69, 9.17) is 4.74 Å². The van der Waals surface area contributed by atoms with Crippen molar-refractivity contribution in [1.29, 1.82) is 0 Å². The second-order valence-corrected chi connectivity index (χ2v) is 6.69. The van der Waals surface area contributed by atoms with E-state index in [1.54, 1.807) is 11.0 Å². The third-order valence-electron chi connectivity index (χ3n) is 4.41. The first-order valence-electron chi connectivity index (χ1n) is 8.86. The lowest BCUT2D eigenvalue weighted by Crippen LogP contribution is -2.28. The average Bonchev–Trinajstić information content (AvgIpc) is 3.01. The molecule has 27 heavy (non-hydrogen) atoms. The Hall–Kier alpha value is -3.15. The molecule has 1 aliphatic rings. The highest BCUT2D eigenvalue weighted by molar-refractivity contribution is 5.93. The number of aryl methyl sites for hydroxylation is 1. The van der Waals surface area contributed by atoms with Crippen molar-refractivity contribution in [2.75, 3.05) is 18.5 Å². The van der Waals surface area contributed by atoms with Crippen molar-refractivity contribution in [2.45, 2.75) is 19.9 Å². The van der Waals surface area contributed by atoms with Crippen molar-refractivity contribution in [3.63, 3.8) is 0 Å². The van der Waals surface area contributed by atoms with E-state index in [2.05, 4.69) is 5.32 Å². The summed E-state index contributed by atoms with van der Waals surface area (Å²) < 4.78 is 5.11. The summed E-state index contributed by atoms with van der Waals surface area (Å²) in [4.78, 5) is 38.0. The summed E-state index contributed by atoms with van der Waals surface area (Å²) in [7, 11) is 0. The van der Waals surface area contributed by atoms with E-state index in [1.807, 2.05) is 55.5 Å². The highest BCUT2D eigenvalue weighted by Crippen LogP contribution is 2.21. The van der Waals surface area contributed by atoms with Gasteiger partial charge in [0.2, 0.25) is 5.91 Å². The largest absolute Gasteiger partial charge is 0.455 e. The monoisotopic (exact) mass is 366 g/mol. The van der Waals surface area contributed by atoms with E-state index in [0.717, 1.165) is 11.1 Å². The first-order valence-corrected chi connectivity index (χ1v) is 8.86. The van der Waals surface area contributed by atoms with Crippen molar-refractivity contribution in [2.24, 2.45) is 5.92 Å². The third kappa shape index (κ3) is 5.17. The number of likely N-dealkylation sites (tertiary alicyclic amines) is 1. The predicted molar refractivity (Wildman–Crippen MR) is 101 cm³/mol. The summed E-state index contributed by atoms with van der Waals surface area (Å²) in [5, 5.41) is 2.69. The maximum atomic E-state index is 12.2. The molecule has 2 aromatic rings. The Morgan fingerprint density at radius 1 is 1.15 bits per heavy atom. The minimum Gasteiger partial charge on any atom is -0.455 e. The Morgan fingerprint density at radius 2 is 1.93 bits per heavy atom. The number of benzene rings is 2. The molecule has 0 radical (unpaired) electrons. The van der Waals surface area contributed by atoms with Crippen molar-refractivity contribution < 1.29 is 19.1 Å². The predicted octanol–water partition coefficient (Wildman–Crippen LogP) is 2.53. The van der Waals surface area contributed by atoms with Gasteiger partial charge >= 0.3 is 5.97 Å². The van der Waals surface area contributed by atoms with Crippen LogP contribution in [0.1, 0.15) is 17.5 Å². The fourth-order valence-corrected chi connectivity index (χ4v) is 3.06. The summed E-state index contributed by atoms with van der Waals surface area (Å²) in [6.07, 6.45) is 0.116. The molecule has 1 aliphatic heterocycles. The van der Waals surface area contributed by atoms with Crippen LogP contribution >= 0.6 is 0 Å². The van der Waals surface area contributed by atoms with Gasteiger partial charge in [0.15, 0.2) is 6.61 Å². The number of nitrogens with zero attached hydrogens (tertiary/aromatic N) is 1. The minimum atomic E-state index is -0.534. The van der Waals surface area contributed by atoms with Crippen LogP contribution < -0.4 is 5.32 Å². The van der Waals surface area contributed by atoms with Gasteiger partial charge in [-0.3, -0.25) is 14.4 Å². The summed E-state index contributed by atoms with van der Waals surface area (Å²) in [6.45, 7) is 2.34. The molecule has 2 aromatic carbocycles. The van der Waals surface area contributed by atoms with Crippen LogP contribution in [-0.2, 0) is 25.7 Å². The molecule has 0 saturated carbocycles. The van der Waals surface area contributed by atoms with Gasteiger partial charge in [-0.15, -0.1) is 0 Å². The quantitative estimate of drug-likeness (QED) is 0.797. The maximum absolute atomic E-state index is 12.2. The Morgan fingerprint density at radius 3 is 2.67 bits per heavy atom. The molecule has 0 spiro atoms. The van der Waals surface area contributed by atoms with Crippen LogP contribution in [0.4, 0.5) is 5.69 Å². The Balaban J connectivity index is 1.47. The Labute approximate surface area is 158 Å². The lowest BCUT2D eigenvalue weighted by Gasteiger charge is -2.16. The molecule has 140 valence electrons. The van der Waals surface area contributed by atoms with E-state index in [9.17, 15) is 14.4 Å². The molecule has 6 heteroatoms. The summed E-state index contributed by atoms with van der Waals surface area (Å²) in [5.41, 5.74) is 2.69. The average molecular weight is 366 g/mol. The molecule has 0 aromatic heterocycles. The van der Waals surface area contributed by atoms with Gasteiger partial charge < -0.3 is 15.0 Å². The number of hydrogen-bond donors (Lipinski definition) is 1. The zero-order chi connectivity index (χ0) is 19.2. The molecule has 1 saturated heterocycles. The van der Waals surface area contributed by atoms with Gasteiger partial charge in [-0.25, -0.2) is 0 Å². The Bertz CT molecular complexity index is 835. The minimum absolute atomic E-state index is 0.0787. The molecule has 1 fully saturated rings. The van der Waals surface area contributed by atoms with E-state index >= 15 is 0 Å². The van der Waals surface area contributed by atoms with Crippen LogP contribution in [-0.4, -0.2) is 35.8 Å². The maximum Gasteiger partial charge on any atom is 0.311 e. The van der Waals surface area contributed by atoms with Crippen LogP contribution in [0.5, 0.6) is 0 Å². The van der Waals surface area contributed by atoms with Crippen molar-refractivity contribution in [3.8, 4) is 0 Å². The van der Waals surface area contributed by atoms with Crippen LogP contribution in [0.3, 0.4) is 0 Å². The molecule has 1 heterocycles. The molecular weight excluding hydrogens is 344 g/mol. The second-order valence-electron chi connectivity index (χ2n) is 6.69. The number of amides is 2. The lowest BCUT2D eigenvalue weighted by atomic mass is 10.1. The van der Waals surface area contributed by atoms with Crippen LogP contribution in [0.2, 0.25) is 0 Å². The normalized spacial score (nSPS) is 16.3. The lowest BCUT2D eigenvalue weighted by molar-refractivity contribution is -0.151. The number of esters is 1. The smallest absolute Gasteiger partial charge is 0.311 e. The zero-order valence-electron chi connectivity index (χ0n) is 15.2. The second kappa shape index (κ2) is 8.49. The standard InChI is InChI=1S/C21H22N2O4/c1-15-6-5-9-18(10-15)22-19(24)14-27-21(26)17-11-20(25)23(13-17)12-16-7-3-2-4-8-16/h2-10,17H,11-14H2,1H3,(H,22,24)/t17-/m0/s1. The highest BCUT2D eigenvalue weighted by atomic mass is 16.5. The number of hydrogen-bond acceptors (Lipinski definition) is 4. The van der Waals surface area contributed by atoms with Gasteiger partial charge in [-0.05, 0) is 30.2 Å². The summed E-state index contributed by atoms with van der Waals surface area (Å²) in [6, 6.07) is 17.0. The van der Waals surface area contributed by atoms with Crippen LogP contribution in [0.25, 0.3) is 0 Å². The molecule has 1 N–H and O–H groups in total. The molecule has 0 unspecified atom stereocenters. The van der Waals surface area contributed by atoms with Gasteiger partial charge in [-0.1, -0.05) is 42.5 Å². The topological polar surface area (TPSA) is 75.7 Å². The molecule has 0 bridgehead atoms. The number of carbonyl (C=O) groups is 3. The fourth-order valence-electron chi connectivity index (χ4n) is 3.06. The van der Waals surface area contributed by atoms with Crippen molar-refractivity contribution >= 4 is 23.5 Å². The number of ether oxygens (including phenoxy) is 1. The molecule has 1 atom stereocenters. The van der Waals surface area contributed by atoms with Crippen LogP contribution in [0.15, 0.2) is 54.6 Å². The summed E-state index contributed by atoms with van der Waals surface area (Å²) in [5.74, 6) is -1.53. The first-order chi connectivity index (χ1) is 13.0.